The summed E-state index contributed by atoms with van der Waals surface area (Å²) in [5.41, 5.74) is 0.723. The molecule has 0 bridgehead atoms. The second-order valence-electron chi connectivity index (χ2n) is 7.61. The molecule has 0 radical (unpaired) electrons. The van der Waals surface area contributed by atoms with Crippen LogP contribution in [-0.4, -0.2) is 18.4 Å². The predicted octanol–water partition coefficient (Wildman–Crippen LogP) is 3.71. The summed E-state index contributed by atoms with van der Waals surface area (Å²) >= 11 is 0. The van der Waals surface area contributed by atoms with E-state index in [0.29, 0.717) is 11.5 Å². The van der Waals surface area contributed by atoms with Crippen molar-refractivity contribution < 1.29 is 4.74 Å². The van der Waals surface area contributed by atoms with Crippen LogP contribution in [0.1, 0.15) is 66.7 Å². The average Bonchev–Trinajstić information content (AvgIpc) is 2.35. The molecule has 0 aromatic carbocycles. The van der Waals surface area contributed by atoms with Gasteiger partial charge in [-0.05, 0) is 44.4 Å². The van der Waals surface area contributed by atoms with Gasteiger partial charge in [0.25, 0.3) is 0 Å². The molecule has 1 spiro atoms. The number of hydrogen-bond donors (Lipinski definition) is 1. The first-order valence-corrected chi connectivity index (χ1v) is 7.18. The molecule has 2 heteroatoms. The molecule has 2 unspecified atom stereocenters. The van der Waals surface area contributed by atoms with Gasteiger partial charge < -0.3 is 4.74 Å². The van der Waals surface area contributed by atoms with Crippen LogP contribution in [0.3, 0.4) is 0 Å². The quantitative estimate of drug-likeness (QED) is 0.696. The Kier molecular flexibility index (Phi) is 3.33. The smallest absolute Gasteiger partial charge is 0.119 e. The SMILES string of the molecule is CC1OC2(CCCC(C)(C)CC2)NCC1(C)C. The van der Waals surface area contributed by atoms with E-state index in [1.54, 1.807) is 0 Å². The van der Waals surface area contributed by atoms with Crippen molar-refractivity contribution in [2.24, 2.45) is 10.8 Å². The molecule has 0 aromatic heterocycles. The van der Waals surface area contributed by atoms with Gasteiger partial charge in [0, 0.05) is 12.0 Å². The molecule has 1 saturated heterocycles. The lowest BCUT2D eigenvalue weighted by atomic mass is 9.82. The number of hydrogen-bond acceptors (Lipinski definition) is 2. The maximum Gasteiger partial charge on any atom is 0.119 e. The maximum absolute atomic E-state index is 6.39. The van der Waals surface area contributed by atoms with Crippen molar-refractivity contribution in [2.75, 3.05) is 6.54 Å². The molecule has 100 valence electrons. The molecule has 1 aliphatic carbocycles. The normalized spacial score (nSPS) is 41.1. The molecular formula is C15H29NO. The maximum atomic E-state index is 6.39. The molecule has 17 heavy (non-hydrogen) atoms. The number of rotatable bonds is 0. The lowest BCUT2D eigenvalue weighted by Gasteiger charge is -2.48. The first-order chi connectivity index (χ1) is 7.75. The van der Waals surface area contributed by atoms with Crippen LogP contribution in [0.25, 0.3) is 0 Å². The highest BCUT2D eigenvalue weighted by Gasteiger charge is 2.44. The van der Waals surface area contributed by atoms with Crippen LogP contribution in [0.4, 0.5) is 0 Å². The van der Waals surface area contributed by atoms with Crippen LogP contribution in [0.15, 0.2) is 0 Å². The Morgan fingerprint density at radius 2 is 1.71 bits per heavy atom. The molecule has 0 aromatic rings. The Bertz CT molecular complexity index is 285. The third kappa shape index (κ3) is 2.85. The number of ether oxygens (including phenoxy) is 1. The Hall–Kier alpha value is -0.0800. The lowest BCUT2D eigenvalue weighted by Crippen LogP contribution is -2.60. The monoisotopic (exact) mass is 239 g/mol. The summed E-state index contributed by atoms with van der Waals surface area (Å²) < 4.78 is 6.39. The van der Waals surface area contributed by atoms with Gasteiger partial charge in [-0.3, -0.25) is 5.32 Å². The fraction of sp³-hybridized carbons (Fsp3) is 1.00. The molecule has 2 nitrogen and oxygen atoms in total. The Labute approximate surface area is 107 Å². The van der Waals surface area contributed by atoms with Crippen molar-refractivity contribution in [3.63, 3.8) is 0 Å². The van der Waals surface area contributed by atoms with Crippen LogP contribution in [0.5, 0.6) is 0 Å². The molecular weight excluding hydrogens is 210 g/mol. The number of nitrogens with one attached hydrogen (secondary N) is 1. The van der Waals surface area contributed by atoms with Gasteiger partial charge in [0.1, 0.15) is 5.72 Å². The van der Waals surface area contributed by atoms with E-state index >= 15 is 0 Å². The van der Waals surface area contributed by atoms with E-state index in [9.17, 15) is 0 Å². The first-order valence-electron chi connectivity index (χ1n) is 7.18. The van der Waals surface area contributed by atoms with E-state index in [-0.39, 0.29) is 11.1 Å². The van der Waals surface area contributed by atoms with Gasteiger partial charge in [-0.25, -0.2) is 0 Å². The molecule has 2 aliphatic rings. The summed E-state index contributed by atoms with van der Waals surface area (Å²) in [4.78, 5) is 0. The molecule has 0 amide bonds. The summed E-state index contributed by atoms with van der Waals surface area (Å²) in [6.07, 6.45) is 6.58. The van der Waals surface area contributed by atoms with Gasteiger partial charge in [0.05, 0.1) is 6.10 Å². The van der Waals surface area contributed by atoms with E-state index < -0.39 is 0 Å². The third-order valence-corrected chi connectivity index (χ3v) is 5.01. The average molecular weight is 239 g/mol. The zero-order valence-corrected chi connectivity index (χ0v) is 12.2. The second-order valence-corrected chi connectivity index (χ2v) is 7.61. The van der Waals surface area contributed by atoms with Crippen LogP contribution >= 0.6 is 0 Å². The van der Waals surface area contributed by atoms with Crippen molar-refractivity contribution in [2.45, 2.75) is 78.6 Å². The van der Waals surface area contributed by atoms with E-state index in [1.165, 1.54) is 32.1 Å². The van der Waals surface area contributed by atoms with E-state index in [2.05, 4.69) is 39.9 Å². The van der Waals surface area contributed by atoms with Gasteiger partial charge in [0.2, 0.25) is 0 Å². The topological polar surface area (TPSA) is 21.3 Å². The Morgan fingerprint density at radius 3 is 2.35 bits per heavy atom. The minimum absolute atomic E-state index is 0.0251. The van der Waals surface area contributed by atoms with Crippen molar-refractivity contribution in [3.05, 3.63) is 0 Å². The summed E-state index contributed by atoms with van der Waals surface area (Å²) in [5.74, 6) is 0. The third-order valence-electron chi connectivity index (χ3n) is 5.01. The van der Waals surface area contributed by atoms with Crippen LogP contribution < -0.4 is 5.32 Å². The molecule has 2 atom stereocenters. The molecule has 1 saturated carbocycles. The van der Waals surface area contributed by atoms with Crippen molar-refractivity contribution in [3.8, 4) is 0 Å². The fourth-order valence-corrected chi connectivity index (χ4v) is 3.01. The summed E-state index contributed by atoms with van der Waals surface area (Å²) in [5, 5.41) is 3.71. The summed E-state index contributed by atoms with van der Waals surface area (Å²) in [6.45, 7) is 12.7. The highest BCUT2D eigenvalue weighted by molar-refractivity contribution is 4.94. The molecule has 1 heterocycles. The van der Waals surface area contributed by atoms with Crippen molar-refractivity contribution >= 4 is 0 Å². The van der Waals surface area contributed by atoms with Gasteiger partial charge in [-0.2, -0.15) is 0 Å². The Balaban J connectivity index is 2.06. The predicted molar refractivity (Wildman–Crippen MR) is 71.9 cm³/mol. The Morgan fingerprint density at radius 1 is 1.00 bits per heavy atom. The lowest BCUT2D eigenvalue weighted by molar-refractivity contribution is -0.188. The zero-order valence-electron chi connectivity index (χ0n) is 12.2. The minimum Gasteiger partial charge on any atom is -0.357 e. The minimum atomic E-state index is -0.0251. The molecule has 2 rings (SSSR count). The molecule has 2 fully saturated rings. The highest BCUT2D eigenvalue weighted by atomic mass is 16.5. The highest BCUT2D eigenvalue weighted by Crippen LogP contribution is 2.42. The van der Waals surface area contributed by atoms with Gasteiger partial charge in [-0.1, -0.05) is 27.7 Å². The van der Waals surface area contributed by atoms with Gasteiger partial charge in [-0.15, -0.1) is 0 Å². The van der Waals surface area contributed by atoms with Crippen LogP contribution in [-0.2, 0) is 4.74 Å². The van der Waals surface area contributed by atoms with Gasteiger partial charge >= 0.3 is 0 Å². The zero-order chi connectivity index (χ0) is 12.7. The summed E-state index contributed by atoms with van der Waals surface area (Å²) in [7, 11) is 0. The van der Waals surface area contributed by atoms with Gasteiger partial charge in [0.15, 0.2) is 0 Å². The van der Waals surface area contributed by atoms with Crippen molar-refractivity contribution in [1.82, 2.24) is 5.32 Å². The first kappa shape index (κ1) is 13.4. The summed E-state index contributed by atoms with van der Waals surface area (Å²) in [6, 6.07) is 0. The molecule has 1 aliphatic heterocycles. The fourth-order valence-electron chi connectivity index (χ4n) is 3.01. The van der Waals surface area contributed by atoms with Crippen LogP contribution in [0, 0.1) is 10.8 Å². The van der Waals surface area contributed by atoms with E-state index in [4.69, 9.17) is 4.74 Å². The second kappa shape index (κ2) is 4.24. The standard InChI is InChI=1S/C15H29NO/c1-12-14(4,5)11-16-15(17-12)8-6-7-13(2,3)9-10-15/h12,16H,6-11H2,1-5H3. The van der Waals surface area contributed by atoms with E-state index in [1.807, 2.05) is 0 Å². The van der Waals surface area contributed by atoms with E-state index in [0.717, 1.165) is 6.54 Å². The van der Waals surface area contributed by atoms with Crippen LogP contribution in [0.2, 0.25) is 0 Å². The molecule has 1 N–H and O–H groups in total. The van der Waals surface area contributed by atoms with Crippen molar-refractivity contribution in [1.29, 1.82) is 0 Å². The largest absolute Gasteiger partial charge is 0.357 e.